The van der Waals surface area contributed by atoms with Crippen LogP contribution in [0.25, 0.3) is 5.57 Å². The van der Waals surface area contributed by atoms with Gasteiger partial charge in [-0.2, -0.15) is 9.93 Å². The van der Waals surface area contributed by atoms with Gasteiger partial charge in [0.05, 0.1) is 0 Å². The fourth-order valence-corrected chi connectivity index (χ4v) is 3.64. The molecule has 1 aliphatic heterocycles. The number of hydrogen-bond acceptors (Lipinski definition) is 5. The number of anilines is 1. The van der Waals surface area contributed by atoms with Crippen molar-refractivity contribution < 1.29 is 9.18 Å². The first kappa shape index (κ1) is 20.0. The Hall–Kier alpha value is -2.77. The average molecular weight is 383 g/mol. The summed E-state index contributed by atoms with van der Waals surface area (Å²) >= 11 is 0. The molecular formula is C21H26FN5O. The van der Waals surface area contributed by atoms with Crippen molar-refractivity contribution in [2.45, 2.75) is 46.7 Å². The summed E-state index contributed by atoms with van der Waals surface area (Å²) in [4.78, 5) is 18.1. The van der Waals surface area contributed by atoms with E-state index in [-0.39, 0.29) is 17.6 Å². The Bertz CT molecular complexity index is 925. The van der Waals surface area contributed by atoms with E-state index in [2.05, 4.69) is 10.5 Å². The van der Waals surface area contributed by atoms with Crippen LogP contribution >= 0.6 is 0 Å². The Morgan fingerprint density at radius 1 is 1.39 bits per heavy atom. The molecule has 0 fully saturated rings. The van der Waals surface area contributed by atoms with Crippen LogP contribution in [0.4, 0.5) is 10.1 Å². The summed E-state index contributed by atoms with van der Waals surface area (Å²) < 4.78 is 14.2. The molecule has 148 valence electrons. The molecule has 0 bridgehead atoms. The number of hydrogen-bond donors (Lipinski definition) is 2. The number of carbonyl (C=O) groups excluding carboxylic acids is 1. The monoisotopic (exact) mass is 383 g/mol. The number of allylic oxidation sites excluding steroid dienone is 2. The van der Waals surface area contributed by atoms with E-state index in [1.54, 1.807) is 12.1 Å². The normalized spacial score (nSPS) is 14.4. The number of benzene rings is 1. The minimum atomic E-state index is -0.609. The van der Waals surface area contributed by atoms with Gasteiger partial charge in [0.1, 0.15) is 5.69 Å². The van der Waals surface area contributed by atoms with Crippen LogP contribution in [-0.4, -0.2) is 21.8 Å². The summed E-state index contributed by atoms with van der Waals surface area (Å²) in [5, 5.41) is 1.49. The number of aromatic nitrogens is 1. The maximum atomic E-state index is 14.2. The predicted octanol–water partition coefficient (Wildman–Crippen LogP) is 3.61. The molecule has 3 N–H and O–H groups in total. The Morgan fingerprint density at radius 3 is 2.75 bits per heavy atom. The molecule has 7 heteroatoms. The van der Waals surface area contributed by atoms with Gasteiger partial charge in [-0.25, -0.2) is 4.98 Å². The molecule has 0 atom stereocenters. The second-order valence-corrected chi connectivity index (χ2v) is 7.09. The molecule has 0 saturated heterocycles. The summed E-state index contributed by atoms with van der Waals surface area (Å²) in [7, 11) is 0. The SMILES string of the molecule is CC/C(=C(/C)N(NN)c1cccnc1F)c1ccc2c(c1)CN(C(C)C)C2=O. The molecule has 0 spiro atoms. The molecule has 2 heterocycles. The maximum absolute atomic E-state index is 14.2. The van der Waals surface area contributed by atoms with Crippen molar-refractivity contribution >= 4 is 17.2 Å². The molecule has 28 heavy (non-hydrogen) atoms. The highest BCUT2D eigenvalue weighted by molar-refractivity contribution is 5.99. The number of nitrogens with two attached hydrogens (primary N) is 1. The molecule has 0 aliphatic carbocycles. The summed E-state index contributed by atoms with van der Waals surface area (Å²) in [6, 6.07) is 9.29. The van der Waals surface area contributed by atoms with Gasteiger partial charge in [0.25, 0.3) is 5.91 Å². The van der Waals surface area contributed by atoms with E-state index in [1.165, 1.54) is 11.2 Å². The minimum absolute atomic E-state index is 0.0676. The predicted molar refractivity (Wildman–Crippen MR) is 108 cm³/mol. The van der Waals surface area contributed by atoms with Gasteiger partial charge >= 0.3 is 0 Å². The van der Waals surface area contributed by atoms with Gasteiger partial charge in [0.15, 0.2) is 0 Å². The molecule has 6 nitrogen and oxygen atoms in total. The number of nitrogens with zero attached hydrogens (tertiary/aromatic N) is 3. The molecule has 0 saturated carbocycles. The lowest BCUT2D eigenvalue weighted by molar-refractivity contribution is 0.0730. The van der Waals surface area contributed by atoms with E-state index in [9.17, 15) is 9.18 Å². The Kier molecular flexibility index (Phi) is 5.76. The number of nitrogens with one attached hydrogen (secondary N) is 1. The molecule has 1 aromatic carbocycles. The smallest absolute Gasteiger partial charge is 0.254 e. The van der Waals surface area contributed by atoms with Crippen molar-refractivity contribution in [3.05, 3.63) is 64.9 Å². The van der Waals surface area contributed by atoms with Crippen LogP contribution < -0.4 is 16.4 Å². The quantitative estimate of drug-likeness (QED) is 0.453. The number of rotatable bonds is 6. The van der Waals surface area contributed by atoms with E-state index < -0.39 is 5.95 Å². The highest BCUT2D eigenvalue weighted by Crippen LogP contribution is 2.32. The summed E-state index contributed by atoms with van der Waals surface area (Å²) in [5.41, 5.74) is 7.31. The zero-order valence-electron chi connectivity index (χ0n) is 16.7. The van der Waals surface area contributed by atoms with Crippen molar-refractivity contribution in [1.82, 2.24) is 15.4 Å². The third kappa shape index (κ3) is 3.50. The Labute approximate surface area is 164 Å². The van der Waals surface area contributed by atoms with E-state index in [0.29, 0.717) is 13.0 Å². The van der Waals surface area contributed by atoms with Gasteiger partial charge < -0.3 is 4.90 Å². The van der Waals surface area contributed by atoms with Crippen LogP contribution in [0.1, 0.15) is 55.6 Å². The van der Waals surface area contributed by atoms with Gasteiger partial charge in [0.2, 0.25) is 5.95 Å². The van der Waals surface area contributed by atoms with Gasteiger partial charge in [-0.05, 0) is 68.2 Å². The van der Waals surface area contributed by atoms with Gasteiger partial charge in [-0.15, -0.1) is 0 Å². The highest BCUT2D eigenvalue weighted by atomic mass is 19.1. The van der Waals surface area contributed by atoms with Crippen LogP contribution in [0.15, 0.2) is 42.2 Å². The van der Waals surface area contributed by atoms with Gasteiger partial charge in [0, 0.05) is 30.0 Å². The number of hydrazine groups is 2. The van der Waals surface area contributed by atoms with Crippen LogP contribution in [0.2, 0.25) is 0 Å². The van der Waals surface area contributed by atoms with Crippen molar-refractivity contribution in [2.75, 3.05) is 5.01 Å². The average Bonchev–Trinajstić information content (AvgIpc) is 3.01. The number of pyridine rings is 1. The highest BCUT2D eigenvalue weighted by Gasteiger charge is 2.29. The molecule has 1 aliphatic rings. The number of carbonyl (C=O) groups is 1. The summed E-state index contributed by atoms with van der Waals surface area (Å²) in [6.45, 7) is 8.54. The lowest BCUT2D eigenvalue weighted by atomic mass is 9.97. The fourth-order valence-electron chi connectivity index (χ4n) is 3.64. The number of amides is 1. The van der Waals surface area contributed by atoms with Crippen molar-refractivity contribution in [1.29, 1.82) is 0 Å². The fraction of sp³-hybridized carbons (Fsp3) is 0.333. The van der Waals surface area contributed by atoms with Crippen LogP contribution in [-0.2, 0) is 6.54 Å². The van der Waals surface area contributed by atoms with E-state index in [4.69, 9.17) is 5.84 Å². The van der Waals surface area contributed by atoms with Crippen LogP contribution in [0.3, 0.4) is 0 Å². The first-order valence-electron chi connectivity index (χ1n) is 9.39. The first-order valence-corrected chi connectivity index (χ1v) is 9.39. The standard InChI is InChI=1S/C21H26FN5O/c1-5-17(14(4)27(25-23)19-7-6-10-24-20(19)22)15-8-9-18-16(11-15)12-26(13(2)3)21(18)28/h6-11,13,25H,5,12,23H2,1-4H3/b17-14+. The van der Waals surface area contributed by atoms with E-state index in [0.717, 1.165) is 28.0 Å². The van der Waals surface area contributed by atoms with E-state index in [1.807, 2.05) is 50.8 Å². The number of halogens is 1. The number of fused-ring (bicyclic) bond motifs is 1. The Morgan fingerprint density at radius 2 is 2.14 bits per heavy atom. The van der Waals surface area contributed by atoms with Crippen molar-refractivity contribution in [3.63, 3.8) is 0 Å². The van der Waals surface area contributed by atoms with E-state index >= 15 is 0 Å². The van der Waals surface area contributed by atoms with Crippen LogP contribution in [0.5, 0.6) is 0 Å². The molecule has 3 rings (SSSR count). The topological polar surface area (TPSA) is 74.5 Å². The zero-order valence-corrected chi connectivity index (χ0v) is 16.7. The van der Waals surface area contributed by atoms with Crippen LogP contribution in [0, 0.1) is 5.95 Å². The minimum Gasteiger partial charge on any atom is -0.332 e. The molecule has 0 unspecified atom stereocenters. The lowest BCUT2D eigenvalue weighted by Gasteiger charge is -2.26. The second kappa shape index (κ2) is 8.08. The molecule has 1 aromatic heterocycles. The molecular weight excluding hydrogens is 357 g/mol. The Balaban J connectivity index is 2.03. The summed E-state index contributed by atoms with van der Waals surface area (Å²) in [6.07, 6.45) is 2.11. The molecule has 0 radical (unpaired) electrons. The second-order valence-electron chi connectivity index (χ2n) is 7.09. The first-order chi connectivity index (χ1) is 13.4. The zero-order chi connectivity index (χ0) is 20.4. The largest absolute Gasteiger partial charge is 0.332 e. The van der Waals surface area contributed by atoms with Gasteiger partial charge in [-0.1, -0.05) is 13.0 Å². The van der Waals surface area contributed by atoms with Crippen molar-refractivity contribution in [2.24, 2.45) is 5.84 Å². The third-order valence-electron chi connectivity index (χ3n) is 5.14. The summed E-state index contributed by atoms with van der Waals surface area (Å²) in [5.74, 6) is 5.16. The maximum Gasteiger partial charge on any atom is 0.254 e. The lowest BCUT2D eigenvalue weighted by Crippen LogP contribution is -2.42. The van der Waals surface area contributed by atoms with Crippen molar-refractivity contribution in [3.8, 4) is 0 Å². The van der Waals surface area contributed by atoms with Gasteiger partial charge in [-0.3, -0.25) is 15.6 Å². The molecule has 2 aromatic rings. The third-order valence-corrected chi connectivity index (χ3v) is 5.14. The molecule has 1 amide bonds.